The van der Waals surface area contributed by atoms with E-state index in [0.29, 0.717) is 12.1 Å². The number of fused-ring (bicyclic) bond motifs is 1. The summed E-state index contributed by atoms with van der Waals surface area (Å²) < 4.78 is 0. The van der Waals surface area contributed by atoms with Gasteiger partial charge in [-0.15, -0.1) is 0 Å². The summed E-state index contributed by atoms with van der Waals surface area (Å²) in [6.45, 7) is 0. The Morgan fingerprint density at radius 3 is 2.15 bits per heavy atom. The standard InChI is InChI=1S/C22H19N3O2/c26-20-14-17-13-18(11-12-19(17)24-20)23-22(27)25-21(15-7-3-1-4-8-15)16-9-5-2-6-10-16/h1-13,21H,14H2,(H,24,26)(H2,23,25,27). The maximum Gasteiger partial charge on any atom is 0.319 e. The maximum absolute atomic E-state index is 12.6. The zero-order chi connectivity index (χ0) is 18.6. The first-order chi connectivity index (χ1) is 13.2. The zero-order valence-corrected chi connectivity index (χ0v) is 14.6. The van der Waals surface area contributed by atoms with Crippen molar-refractivity contribution in [3.05, 3.63) is 95.6 Å². The molecule has 0 aromatic heterocycles. The molecule has 3 aromatic rings. The predicted molar refractivity (Wildman–Crippen MR) is 106 cm³/mol. The fraction of sp³-hybridized carbons (Fsp3) is 0.0909. The van der Waals surface area contributed by atoms with Gasteiger partial charge in [0.2, 0.25) is 5.91 Å². The first-order valence-electron chi connectivity index (χ1n) is 8.79. The van der Waals surface area contributed by atoms with Gasteiger partial charge in [0.1, 0.15) is 0 Å². The SMILES string of the molecule is O=C1Cc2cc(NC(=O)NC(c3ccccc3)c3ccccc3)ccc2N1. The summed E-state index contributed by atoms with van der Waals surface area (Å²) in [7, 11) is 0. The van der Waals surface area contributed by atoms with E-state index < -0.39 is 0 Å². The molecular weight excluding hydrogens is 338 g/mol. The van der Waals surface area contributed by atoms with Crippen molar-refractivity contribution >= 4 is 23.3 Å². The van der Waals surface area contributed by atoms with Crippen LogP contribution in [0.2, 0.25) is 0 Å². The van der Waals surface area contributed by atoms with Gasteiger partial charge in [-0.05, 0) is 34.9 Å². The molecule has 0 unspecified atom stereocenters. The quantitative estimate of drug-likeness (QED) is 0.658. The van der Waals surface area contributed by atoms with Crippen molar-refractivity contribution < 1.29 is 9.59 Å². The molecule has 0 fully saturated rings. The molecule has 1 heterocycles. The van der Waals surface area contributed by atoms with Gasteiger partial charge in [-0.1, -0.05) is 60.7 Å². The van der Waals surface area contributed by atoms with Crippen LogP contribution in [0.5, 0.6) is 0 Å². The van der Waals surface area contributed by atoms with E-state index in [2.05, 4.69) is 16.0 Å². The number of urea groups is 1. The highest BCUT2D eigenvalue weighted by Gasteiger charge is 2.19. The molecule has 1 aliphatic rings. The van der Waals surface area contributed by atoms with E-state index in [0.717, 1.165) is 22.4 Å². The number of hydrogen-bond acceptors (Lipinski definition) is 2. The second-order valence-corrected chi connectivity index (χ2v) is 6.45. The maximum atomic E-state index is 12.6. The second kappa shape index (κ2) is 7.33. The Hall–Kier alpha value is -3.60. The molecule has 0 atom stereocenters. The zero-order valence-electron chi connectivity index (χ0n) is 14.6. The van der Waals surface area contributed by atoms with Gasteiger partial charge in [0, 0.05) is 11.4 Å². The fourth-order valence-corrected chi connectivity index (χ4v) is 3.26. The van der Waals surface area contributed by atoms with Crippen molar-refractivity contribution in [3.8, 4) is 0 Å². The lowest BCUT2D eigenvalue weighted by Crippen LogP contribution is -2.33. The first kappa shape index (κ1) is 16.8. The number of rotatable bonds is 4. The van der Waals surface area contributed by atoms with Crippen molar-refractivity contribution in [1.29, 1.82) is 0 Å². The molecule has 0 radical (unpaired) electrons. The van der Waals surface area contributed by atoms with Gasteiger partial charge in [-0.2, -0.15) is 0 Å². The smallest absolute Gasteiger partial charge is 0.319 e. The van der Waals surface area contributed by atoms with E-state index in [1.165, 1.54) is 0 Å². The van der Waals surface area contributed by atoms with Crippen LogP contribution in [0.25, 0.3) is 0 Å². The van der Waals surface area contributed by atoms with E-state index in [9.17, 15) is 9.59 Å². The molecule has 0 saturated carbocycles. The fourth-order valence-electron chi connectivity index (χ4n) is 3.26. The highest BCUT2D eigenvalue weighted by Crippen LogP contribution is 2.26. The van der Waals surface area contributed by atoms with Crippen LogP contribution in [-0.2, 0) is 11.2 Å². The van der Waals surface area contributed by atoms with Crippen LogP contribution >= 0.6 is 0 Å². The molecule has 4 rings (SSSR count). The average molecular weight is 357 g/mol. The van der Waals surface area contributed by atoms with Crippen molar-refractivity contribution in [2.24, 2.45) is 0 Å². The lowest BCUT2D eigenvalue weighted by atomic mass is 9.99. The Balaban J connectivity index is 1.53. The van der Waals surface area contributed by atoms with Crippen LogP contribution in [-0.4, -0.2) is 11.9 Å². The minimum Gasteiger partial charge on any atom is -0.327 e. The molecule has 3 aromatic carbocycles. The van der Waals surface area contributed by atoms with Gasteiger partial charge < -0.3 is 16.0 Å². The van der Waals surface area contributed by atoms with E-state index in [4.69, 9.17) is 0 Å². The van der Waals surface area contributed by atoms with E-state index in [-0.39, 0.29) is 18.0 Å². The molecule has 0 aliphatic carbocycles. The van der Waals surface area contributed by atoms with Crippen molar-refractivity contribution in [2.75, 3.05) is 10.6 Å². The number of hydrogen-bond donors (Lipinski definition) is 3. The van der Waals surface area contributed by atoms with Crippen LogP contribution in [0, 0.1) is 0 Å². The summed E-state index contributed by atoms with van der Waals surface area (Å²) in [5.41, 5.74) is 4.35. The Bertz CT molecular complexity index is 932. The minimum absolute atomic E-state index is 0.0279. The lowest BCUT2D eigenvalue weighted by Gasteiger charge is -2.20. The Morgan fingerprint density at radius 2 is 1.52 bits per heavy atom. The van der Waals surface area contributed by atoms with Gasteiger partial charge in [-0.25, -0.2) is 4.79 Å². The molecule has 0 spiro atoms. The largest absolute Gasteiger partial charge is 0.327 e. The molecule has 0 saturated heterocycles. The summed E-state index contributed by atoms with van der Waals surface area (Å²) in [5, 5.41) is 8.70. The van der Waals surface area contributed by atoms with Gasteiger partial charge >= 0.3 is 6.03 Å². The van der Waals surface area contributed by atoms with E-state index in [1.807, 2.05) is 72.8 Å². The number of amides is 3. The average Bonchev–Trinajstić information content (AvgIpc) is 3.07. The van der Waals surface area contributed by atoms with Crippen molar-refractivity contribution in [1.82, 2.24) is 5.32 Å². The number of nitrogens with one attached hydrogen (secondary N) is 3. The summed E-state index contributed by atoms with van der Waals surface area (Å²) in [6, 6.07) is 24.5. The third kappa shape index (κ3) is 3.82. The molecule has 3 amide bonds. The third-order valence-corrected chi connectivity index (χ3v) is 4.53. The monoisotopic (exact) mass is 357 g/mol. The lowest BCUT2D eigenvalue weighted by molar-refractivity contribution is -0.115. The van der Waals surface area contributed by atoms with Crippen LogP contribution in [0.15, 0.2) is 78.9 Å². The highest BCUT2D eigenvalue weighted by molar-refractivity contribution is 6.00. The second-order valence-electron chi connectivity index (χ2n) is 6.45. The van der Waals surface area contributed by atoms with Crippen LogP contribution in [0.4, 0.5) is 16.2 Å². The Morgan fingerprint density at radius 1 is 0.889 bits per heavy atom. The van der Waals surface area contributed by atoms with Crippen molar-refractivity contribution in [3.63, 3.8) is 0 Å². The van der Waals surface area contributed by atoms with Crippen LogP contribution in [0.3, 0.4) is 0 Å². The summed E-state index contributed by atoms with van der Waals surface area (Å²) in [6.07, 6.45) is 0.336. The van der Waals surface area contributed by atoms with Gasteiger partial charge in [-0.3, -0.25) is 4.79 Å². The summed E-state index contributed by atoms with van der Waals surface area (Å²) in [4.78, 5) is 24.1. The van der Waals surface area contributed by atoms with Gasteiger partial charge in [0.05, 0.1) is 12.5 Å². The topological polar surface area (TPSA) is 70.2 Å². The number of carbonyl (C=O) groups is 2. The van der Waals surface area contributed by atoms with Gasteiger partial charge in [0.25, 0.3) is 0 Å². The Kier molecular flexibility index (Phi) is 4.58. The molecule has 0 bridgehead atoms. The van der Waals surface area contributed by atoms with Gasteiger partial charge in [0.15, 0.2) is 0 Å². The number of benzene rings is 3. The predicted octanol–water partition coefficient (Wildman–Crippen LogP) is 4.09. The number of anilines is 2. The minimum atomic E-state index is -0.301. The molecule has 134 valence electrons. The first-order valence-corrected chi connectivity index (χ1v) is 8.79. The van der Waals surface area contributed by atoms with E-state index >= 15 is 0 Å². The summed E-state index contributed by atoms with van der Waals surface area (Å²) >= 11 is 0. The Labute approximate surface area is 157 Å². The normalized spacial score (nSPS) is 12.4. The molecular formula is C22H19N3O2. The summed E-state index contributed by atoms with van der Waals surface area (Å²) in [5.74, 6) is -0.0279. The molecule has 3 N–H and O–H groups in total. The van der Waals surface area contributed by atoms with E-state index in [1.54, 1.807) is 6.07 Å². The molecule has 27 heavy (non-hydrogen) atoms. The molecule has 5 nitrogen and oxygen atoms in total. The molecule has 1 aliphatic heterocycles. The van der Waals surface area contributed by atoms with Crippen LogP contribution in [0.1, 0.15) is 22.7 Å². The highest BCUT2D eigenvalue weighted by atomic mass is 16.2. The van der Waals surface area contributed by atoms with Crippen LogP contribution < -0.4 is 16.0 Å². The third-order valence-electron chi connectivity index (χ3n) is 4.53. The number of carbonyl (C=O) groups excluding carboxylic acids is 2. The van der Waals surface area contributed by atoms with Crippen molar-refractivity contribution in [2.45, 2.75) is 12.5 Å². The molecule has 5 heteroatoms.